The molecule has 160 valence electrons. The van der Waals surface area contributed by atoms with Gasteiger partial charge in [-0.1, -0.05) is 44.0 Å². The van der Waals surface area contributed by atoms with E-state index < -0.39 is 0 Å². The van der Waals surface area contributed by atoms with Gasteiger partial charge in [-0.2, -0.15) is 0 Å². The van der Waals surface area contributed by atoms with E-state index in [-0.39, 0.29) is 22.2 Å². The molecule has 3 rings (SSSR count). The molecule has 0 spiro atoms. The van der Waals surface area contributed by atoms with Crippen LogP contribution < -0.4 is 9.47 Å². The van der Waals surface area contributed by atoms with Gasteiger partial charge in [0, 0.05) is 22.3 Å². The molecule has 1 aliphatic rings. The Balaban J connectivity index is 2.06. The Kier molecular flexibility index (Phi) is 8.87. The zero-order valence-electron chi connectivity index (χ0n) is 16.3. The second-order valence-corrected chi connectivity index (χ2v) is 7.58. The van der Waals surface area contributed by atoms with Gasteiger partial charge in [0.1, 0.15) is 24.7 Å². The summed E-state index contributed by atoms with van der Waals surface area (Å²) in [6, 6.07) is 10.7. The lowest BCUT2D eigenvalue weighted by Crippen LogP contribution is -2.15. The van der Waals surface area contributed by atoms with E-state index in [4.69, 9.17) is 18.9 Å². The smallest absolute Gasteiger partial charge is 0.173 e. The molecule has 0 atom stereocenters. The fourth-order valence-corrected chi connectivity index (χ4v) is 3.62. The topological polar surface area (TPSA) is 71.1 Å². The summed E-state index contributed by atoms with van der Waals surface area (Å²) in [5.74, 6) is 1.04. The average molecular weight is 542 g/mol. The van der Waals surface area contributed by atoms with E-state index in [1.165, 1.54) is 0 Å². The van der Waals surface area contributed by atoms with Crippen molar-refractivity contribution in [1.82, 2.24) is 0 Å². The van der Waals surface area contributed by atoms with Crippen LogP contribution in [0, 0.1) is 0 Å². The van der Waals surface area contributed by atoms with E-state index in [1.807, 2.05) is 12.1 Å². The molecular weight excluding hydrogens is 520 g/mol. The summed E-state index contributed by atoms with van der Waals surface area (Å²) in [5, 5.41) is 0.458. The van der Waals surface area contributed by atoms with Gasteiger partial charge in [-0.3, -0.25) is 9.59 Å². The van der Waals surface area contributed by atoms with Crippen molar-refractivity contribution in [2.45, 2.75) is 0 Å². The number of hydrogen-bond donors (Lipinski definition) is 0. The summed E-state index contributed by atoms with van der Waals surface area (Å²) in [5.41, 5.74) is 2.64. The minimum Gasteiger partial charge on any atom is -0.491 e. The molecule has 0 radical (unpaired) electrons. The van der Waals surface area contributed by atoms with Crippen LogP contribution in [0.2, 0.25) is 0 Å². The number of carbonyl (C=O) groups excluding carboxylic acids is 2. The van der Waals surface area contributed by atoms with Gasteiger partial charge >= 0.3 is 0 Å². The average Bonchev–Trinajstić information content (AvgIpc) is 2.78. The van der Waals surface area contributed by atoms with E-state index in [1.54, 1.807) is 24.3 Å². The Bertz CT molecular complexity index is 826. The summed E-state index contributed by atoms with van der Waals surface area (Å²) < 4.78 is 22.9. The Hall–Kier alpha value is -1.74. The normalized spacial score (nSPS) is 15.0. The molecule has 30 heavy (non-hydrogen) atoms. The highest BCUT2D eigenvalue weighted by Crippen LogP contribution is 2.38. The Morgan fingerprint density at radius 2 is 1.07 bits per heavy atom. The fraction of sp³-hybridized carbons (Fsp3) is 0.364. The van der Waals surface area contributed by atoms with Gasteiger partial charge in [0.05, 0.1) is 37.1 Å². The Labute approximate surface area is 192 Å². The number of Topliss-reactive ketones (excluding diaryl/α,β-unsaturated/α-hetero) is 2. The largest absolute Gasteiger partial charge is 0.491 e. The van der Waals surface area contributed by atoms with Gasteiger partial charge in [-0.25, -0.2) is 0 Å². The van der Waals surface area contributed by atoms with Crippen LogP contribution in [-0.4, -0.2) is 61.9 Å². The zero-order chi connectivity index (χ0) is 21.3. The van der Waals surface area contributed by atoms with Crippen molar-refractivity contribution in [3.63, 3.8) is 0 Å². The van der Waals surface area contributed by atoms with E-state index >= 15 is 0 Å². The number of carbonyl (C=O) groups is 2. The van der Waals surface area contributed by atoms with Gasteiger partial charge in [-0.05, 0) is 24.3 Å². The lowest BCUT2D eigenvalue weighted by Gasteiger charge is -2.18. The van der Waals surface area contributed by atoms with Crippen molar-refractivity contribution in [3.05, 3.63) is 47.5 Å². The number of hydrogen-bond acceptors (Lipinski definition) is 6. The van der Waals surface area contributed by atoms with Crippen molar-refractivity contribution < 1.29 is 28.5 Å². The highest BCUT2D eigenvalue weighted by atomic mass is 79.9. The van der Waals surface area contributed by atoms with Crippen molar-refractivity contribution in [1.29, 1.82) is 0 Å². The number of ketones is 2. The van der Waals surface area contributed by atoms with Crippen LogP contribution in [0.5, 0.6) is 11.5 Å². The summed E-state index contributed by atoms with van der Waals surface area (Å²) in [6.07, 6.45) is 0. The molecule has 1 aliphatic heterocycles. The second-order valence-electron chi connectivity index (χ2n) is 6.46. The summed E-state index contributed by atoms with van der Waals surface area (Å²) >= 11 is 6.42. The van der Waals surface area contributed by atoms with Crippen LogP contribution >= 0.6 is 31.9 Å². The standard InChI is InChI=1S/C22H22Br2O6/c23-13-19(25)15-1-3-17-18-4-2-16(20(26)14-24)12-22(18)30-10-8-28-6-5-27-7-9-29-21(17)11-15/h1-4,11-12H,5-10,13-14H2. The maximum atomic E-state index is 12.2. The van der Waals surface area contributed by atoms with E-state index in [0.717, 1.165) is 11.1 Å². The van der Waals surface area contributed by atoms with E-state index in [9.17, 15) is 9.59 Å². The third-order valence-electron chi connectivity index (χ3n) is 4.48. The molecule has 0 bridgehead atoms. The molecule has 0 aliphatic carbocycles. The SMILES string of the molecule is O=C(CBr)c1ccc2c(c1)OCCOCCOCCOc1cc(C(=O)CBr)ccc1-2. The number of alkyl halides is 2. The fourth-order valence-electron chi connectivity index (χ4n) is 2.97. The van der Waals surface area contributed by atoms with Crippen LogP contribution in [0.25, 0.3) is 11.1 Å². The highest BCUT2D eigenvalue weighted by molar-refractivity contribution is 9.09. The number of rotatable bonds is 4. The van der Waals surface area contributed by atoms with Crippen LogP contribution in [-0.2, 0) is 9.47 Å². The molecule has 0 amide bonds. The maximum Gasteiger partial charge on any atom is 0.173 e. The maximum absolute atomic E-state index is 12.2. The molecular formula is C22H22Br2O6. The molecule has 2 aromatic carbocycles. The van der Waals surface area contributed by atoms with Crippen molar-refractivity contribution >= 4 is 43.4 Å². The highest BCUT2D eigenvalue weighted by Gasteiger charge is 2.17. The molecule has 1 heterocycles. The molecule has 2 aromatic rings. The first-order valence-corrected chi connectivity index (χ1v) is 11.8. The molecule has 0 fully saturated rings. The summed E-state index contributed by atoms with van der Waals surface area (Å²) in [6.45, 7) is 2.38. The van der Waals surface area contributed by atoms with E-state index in [0.29, 0.717) is 62.3 Å². The number of benzene rings is 2. The number of ether oxygens (including phenoxy) is 4. The first-order valence-electron chi connectivity index (χ1n) is 9.52. The summed E-state index contributed by atoms with van der Waals surface area (Å²) in [4.78, 5) is 24.3. The van der Waals surface area contributed by atoms with Crippen molar-refractivity contribution in [2.24, 2.45) is 0 Å². The van der Waals surface area contributed by atoms with Crippen LogP contribution in [0.15, 0.2) is 36.4 Å². The van der Waals surface area contributed by atoms with Crippen LogP contribution in [0.1, 0.15) is 20.7 Å². The molecule has 0 saturated carbocycles. The summed E-state index contributed by atoms with van der Waals surface area (Å²) in [7, 11) is 0. The van der Waals surface area contributed by atoms with Gasteiger partial charge in [0.25, 0.3) is 0 Å². The predicted octanol–water partition coefficient (Wildman–Crippen LogP) is 4.31. The Morgan fingerprint density at radius 1 is 0.667 bits per heavy atom. The van der Waals surface area contributed by atoms with Gasteiger partial charge < -0.3 is 18.9 Å². The molecule has 8 heteroatoms. The van der Waals surface area contributed by atoms with Gasteiger partial charge in [-0.15, -0.1) is 0 Å². The third-order valence-corrected chi connectivity index (χ3v) is 5.50. The van der Waals surface area contributed by atoms with Crippen LogP contribution in [0.4, 0.5) is 0 Å². The zero-order valence-corrected chi connectivity index (χ0v) is 19.5. The lowest BCUT2D eigenvalue weighted by atomic mass is 9.98. The predicted molar refractivity (Wildman–Crippen MR) is 121 cm³/mol. The minimum absolute atomic E-state index is 0.0380. The van der Waals surface area contributed by atoms with Crippen LogP contribution in [0.3, 0.4) is 0 Å². The molecule has 0 N–H and O–H groups in total. The van der Waals surface area contributed by atoms with Crippen molar-refractivity contribution in [3.8, 4) is 22.6 Å². The molecule has 0 unspecified atom stereocenters. The molecule has 0 saturated heterocycles. The first kappa shape index (κ1) is 22.9. The van der Waals surface area contributed by atoms with Crippen molar-refractivity contribution in [2.75, 3.05) is 50.3 Å². The quantitative estimate of drug-likeness (QED) is 0.424. The minimum atomic E-state index is -0.0380. The van der Waals surface area contributed by atoms with E-state index in [2.05, 4.69) is 31.9 Å². The number of halogens is 2. The van der Waals surface area contributed by atoms with Gasteiger partial charge in [0.2, 0.25) is 0 Å². The van der Waals surface area contributed by atoms with Gasteiger partial charge in [0.15, 0.2) is 11.6 Å². The first-order chi connectivity index (χ1) is 14.6. The lowest BCUT2D eigenvalue weighted by molar-refractivity contribution is 0.0271. The monoisotopic (exact) mass is 540 g/mol. The number of fused-ring (bicyclic) bond motifs is 3. The molecule has 6 nitrogen and oxygen atoms in total. The molecule has 0 aromatic heterocycles. The third kappa shape index (κ3) is 5.91. The Morgan fingerprint density at radius 3 is 1.47 bits per heavy atom. The second kappa shape index (κ2) is 11.6.